The fraction of sp³-hybridized carbons (Fsp3) is 0.103. The zero-order chi connectivity index (χ0) is 20.4. The highest BCUT2D eigenvalue weighted by Crippen LogP contribution is 2.27. The third-order valence-electron chi connectivity index (χ3n) is 5.26. The minimum absolute atomic E-state index is 0.173. The van der Waals surface area contributed by atoms with E-state index in [0.717, 1.165) is 13.1 Å². The molecule has 4 aromatic rings. The normalized spacial score (nSPS) is 12.3. The van der Waals surface area contributed by atoms with Gasteiger partial charge in [-0.1, -0.05) is 133 Å². The Morgan fingerprint density at radius 2 is 0.967 bits per heavy atom. The Morgan fingerprint density at radius 3 is 1.47 bits per heavy atom. The van der Waals surface area contributed by atoms with Gasteiger partial charge < -0.3 is 0 Å². The zero-order valence-electron chi connectivity index (χ0n) is 17.1. The van der Waals surface area contributed by atoms with E-state index in [0.29, 0.717) is 0 Å². The number of benzene rings is 4. The molecule has 148 valence electrons. The smallest absolute Gasteiger partial charge is 0.0541 e. The molecule has 0 heterocycles. The van der Waals surface area contributed by atoms with Crippen molar-refractivity contribution in [3.05, 3.63) is 150 Å². The highest BCUT2D eigenvalue weighted by molar-refractivity contribution is 5.50. The summed E-state index contributed by atoms with van der Waals surface area (Å²) >= 11 is 0. The van der Waals surface area contributed by atoms with Crippen LogP contribution >= 0.6 is 0 Å². The standard InChI is InChI=1S/C29H27N/c1-5-13-25(14-6-1)21-22-29(28-19-11-4-12-20-28)30(23-26-15-7-2-8-16-26)24-27-17-9-3-10-18-27/h1-22,29H,23-24H2. The van der Waals surface area contributed by atoms with Crippen molar-refractivity contribution in [2.75, 3.05) is 0 Å². The first-order valence-electron chi connectivity index (χ1n) is 10.5. The summed E-state index contributed by atoms with van der Waals surface area (Å²) in [5.41, 5.74) is 5.17. The maximum Gasteiger partial charge on any atom is 0.0541 e. The first kappa shape index (κ1) is 19.9. The summed E-state index contributed by atoms with van der Waals surface area (Å²) in [4.78, 5) is 2.54. The molecule has 0 aliphatic carbocycles. The van der Waals surface area contributed by atoms with Crippen LogP contribution in [0, 0.1) is 0 Å². The molecule has 1 unspecified atom stereocenters. The topological polar surface area (TPSA) is 3.24 Å². The summed E-state index contributed by atoms with van der Waals surface area (Å²) in [5, 5.41) is 0. The number of rotatable bonds is 8. The van der Waals surface area contributed by atoms with Gasteiger partial charge in [0, 0.05) is 13.1 Å². The third kappa shape index (κ3) is 5.56. The highest BCUT2D eigenvalue weighted by Gasteiger charge is 2.18. The van der Waals surface area contributed by atoms with E-state index in [4.69, 9.17) is 0 Å². The molecule has 0 aliphatic heterocycles. The van der Waals surface area contributed by atoms with Gasteiger partial charge in [-0.05, 0) is 22.3 Å². The Morgan fingerprint density at radius 1 is 0.533 bits per heavy atom. The van der Waals surface area contributed by atoms with E-state index in [2.05, 4.69) is 138 Å². The van der Waals surface area contributed by atoms with Gasteiger partial charge in [-0.25, -0.2) is 0 Å². The quantitative estimate of drug-likeness (QED) is 0.309. The molecule has 0 radical (unpaired) electrons. The number of hydrogen-bond acceptors (Lipinski definition) is 1. The minimum atomic E-state index is 0.173. The summed E-state index contributed by atoms with van der Waals surface area (Å²) < 4.78 is 0. The van der Waals surface area contributed by atoms with Crippen LogP contribution < -0.4 is 0 Å². The summed E-state index contributed by atoms with van der Waals surface area (Å²) in [7, 11) is 0. The molecule has 30 heavy (non-hydrogen) atoms. The van der Waals surface area contributed by atoms with Gasteiger partial charge in [-0.3, -0.25) is 4.90 Å². The highest BCUT2D eigenvalue weighted by atomic mass is 15.1. The second-order valence-corrected chi connectivity index (χ2v) is 7.50. The summed E-state index contributed by atoms with van der Waals surface area (Å²) in [6, 6.07) is 43.0. The average molecular weight is 390 g/mol. The SMILES string of the molecule is C(=CC(c1ccccc1)N(Cc1ccccc1)Cc1ccccc1)c1ccccc1. The van der Waals surface area contributed by atoms with Gasteiger partial charge in [0.15, 0.2) is 0 Å². The maximum atomic E-state index is 2.54. The van der Waals surface area contributed by atoms with E-state index in [1.54, 1.807) is 0 Å². The Hall–Kier alpha value is -3.42. The second kappa shape index (κ2) is 10.4. The molecular weight excluding hydrogens is 362 g/mol. The summed E-state index contributed by atoms with van der Waals surface area (Å²) in [6.45, 7) is 1.77. The first-order valence-corrected chi connectivity index (χ1v) is 10.5. The van der Waals surface area contributed by atoms with Gasteiger partial charge in [0.1, 0.15) is 0 Å². The molecule has 4 aromatic carbocycles. The van der Waals surface area contributed by atoms with Crippen LogP contribution in [0.5, 0.6) is 0 Å². The van der Waals surface area contributed by atoms with E-state index in [1.807, 2.05) is 0 Å². The summed E-state index contributed by atoms with van der Waals surface area (Å²) in [6.07, 6.45) is 4.57. The monoisotopic (exact) mass is 389 g/mol. The molecule has 1 atom stereocenters. The molecule has 0 spiro atoms. The molecular formula is C29H27N. The molecule has 0 saturated heterocycles. The van der Waals surface area contributed by atoms with Crippen LogP contribution in [-0.4, -0.2) is 4.90 Å². The lowest BCUT2D eigenvalue weighted by Crippen LogP contribution is -2.27. The van der Waals surface area contributed by atoms with Crippen molar-refractivity contribution in [3.63, 3.8) is 0 Å². The molecule has 4 rings (SSSR count). The fourth-order valence-corrected chi connectivity index (χ4v) is 3.75. The molecule has 1 nitrogen and oxygen atoms in total. The Bertz CT molecular complexity index is 983. The largest absolute Gasteiger partial charge is 0.284 e. The summed E-state index contributed by atoms with van der Waals surface area (Å²) in [5.74, 6) is 0. The van der Waals surface area contributed by atoms with Crippen molar-refractivity contribution in [1.29, 1.82) is 0 Å². The van der Waals surface area contributed by atoms with Crippen molar-refractivity contribution in [2.45, 2.75) is 19.1 Å². The van der Waals surface area contributed by atoms with Crippen molar-refractivity contribution in [3.8, 4) is 0 Å². The Balaban J connectivity index is 1.70. The van der Waals surface area contributed by atoms with E-state index < -0.39 is 0 Å². The maximum absolute atomic E-state index is 2.54. The fourth-order valence-electron chi connectivity index (χ4n) is 3.75. The van der Waals surface area contributed by atoms with Crippen molar-refractivity contribution >= 4 is 6.08 Å². The van der Waals surface area contributed by atoms with Crippen LogP contribution in [0.4, 0.5) is 0 Å². The van der Waals surface area contributed by atoms with Crippen LogP contribution in [0.3, 0.4) is 0 Å². The average Bonchev–Trinajstić information content (AvgIpc) is 2.82. The van der Waals surface area contributed by atoms with E-state index >= 15 is 0 Å². The molecule has 0 aliphatic rings. The minimum Gasteiger partial charge on any atom is -0.284 e. The van der Waals surface area contributed by atoms with Crippen molar-refractivity contribution < 1.29 is 0 Å². The zero-order valence-corrected chi connectivity index (χ0v) is 17.1. The Kier molecular flexibility index (Phi) is 6.88. The van der Waals surface area contributed by atoms with E-state index in [9.17, 15) is 0 Å². The van der Waals surface area contributed by atoms with Crippen LogP contribution in [0.15, 0.2) is 127 Å². The predicted molar refractivity (Wildman–Crippen MR) is 127 cm³/mol. The predicted octanol–water partition coefficient (Wildman–Crippen LogP) is 7.14. The molecule has 0 aromatic heterocycles. The lowest BCUT2D eigenvalue weighted by Gasteiger charge is -2.30. The van der Waals surface area contributed by atoms with Gasteiger partial charge in [-0.15, -0.1) is 0 Å². The second-order valence-electron chi connectivity index (χ2n) is 7.50. The number of hydrogen-bond donors (Lipinski definition) is 0. The lowest BCUT2D eigenvalue weighted by atomic mass is 10.0. The van der Waals surface area contributed by atoms with Crippen LogP contribution in [0.1, 0.15) is 28.3 Å². The van der Waals surface area contributed by atoms with Crippen molar-refractivity contribution in [2.24, 2.45) is 0 Å². The van der Waals surface area contributed by atoms with Crippen LogP contribution in [0.25, 0.3) is 6.08 Å². The lowest BCUT2D eigenvalue weighted by molar-refractivity contribution is 0.213. The van der Waals surface area contributed by atoms with Crippen molar-refractivity contribution in [1.82, 2.24) is 4.90 Å². The molecule has 0 N–H and O–H groups in total. The molecule has 0 saturated carbocycles. The van der Waals surface area contributed by atoms with Gasteiger partial charge in [0.2, 0.25) is 0 Å². The Labute approximate surface area is 179 Å². The van der Waals surface area contributed by atoms with Crippen LogP contribution in [0.2, 0.25) is 0 Å². The molecule has 0 amide bonds. The van der Waals surface area contributed by atoms with Gasteiger partial charge in [0.05, 0.1) is 6.04 Å². The molecule has 0 bridgehead atoms. The van der Waals surface area contributed by atoms with Gasteiger partial charge in [0.25, 0.3) is 0 Å². The van der Waals surface area contributed by atoms with Crippen LogP contribution in [-0.2, 0) is 13.1 Å². The molecule has 0 fully saturated rings. The van der Waals surface area contributed by atoms with Gasteiger partial charge in [-0.2, -0.15) is 0 Å². The first-order chi connectivity index (χ1) is 14.9. The van der Waals surface area contributed by atoms with E-state index in [1.165, 1.54) is 22.3 Å². The van der Waals surface area contributed by atoms with E-state index in [-0.39, 0.29) is 6.04 Å². The molecule has 1 heteroatoms. The van der Waals surface area contributed by atoms with Gasteiger partial charge >= 0.3 is 0 Å². The third-order valence-corrected chi connectivity index (χ3v) is 5.26. The number of nitrogens with zero attached hydrogens (tertiary/aromatic N) is 1.